The largest absolute Gasteiger partial charge is 0.422 e. The molecule has 0 bridgehead atoms. The Hall–Kier alpha value is -4.18. The molecule has 0 heterocycles. The first kappa shape index (κ1) is 30.8. The molecule has 0 saturated carbocycles. The number of hydrogen-bond donors (Lipinski definition) is 0. The van der Waals surface area contributed by atoms with E-state index in [4.69, 9.17) is 9.47 Å². The van der Waals surface area contributed by atoms with Crippen LogP contribution in [-0.4, -0.2) is 11.9 Å². The number of hydrogen-bond acceptors (Lipinski definition) is 4. The Balaban J connectivity index is 2.11. The number of aryl methyl sites for hydroxylation is 2. The molecule has 0 atom stereocenters. The molecule has 0 aliphatic rings. The Morgan fingerprint density at radius 3 is 1.12 bits per heavy atom. The fraction of sp³-hybridized carbons (Fsp3) is 0.316. The van der Waals surface area contributed by atoms with E-state index >= 15 is 0 Å². The third kappa shape index (κ3) is 6.18. The van der Waals surface area contributed by atoms with Gasteiger partial charge in [-0.15, -0.1) is 0 Å². The summed E-state index contributed by atoms with van der Waals surface area (Å²) in [7, 11) is 0. The molecule has 4 rings (SSSR count). The monoisotopic (exact) mass is 562 g/mol. The summed E-state index contributed by atoms with van der Waals surface area (Å²) in [4.78, 5) is 27.2. The minimum Gasteiger partial charge on any atom is -0.422 e. The molecular weight excluding hydrogens is 520 g/mol. The molecule has 0 amide bonds. The van der Waals surface area contributed by atoms with Gasteiger partial charge in [0.1, 0.15) is 11.5 Å². The van der Waals surface area contributed by atoms with Gasteiger partial charge in [0.15, 0.2) is 0 Å². The first-order chi connectivity index (χ1) is 19.6. The molecule has 0 saturated heterocycles. The van der Waals surface area contributed by atoms with Crippen molar-refractivity contribution < 1.29 is 19.1 Å². The molecule has 0 aliphatic heterocycles. The summed E-state index contributed by atoms with van der Waals surface area (Å²) < 4.78 is 12.7. The lowest BCUT2D eigenvalue weighted by atomic mass is 9.77. The summed E-state index contributed by atoms with van der Waals surface area (Å²) in [6, 6.07) is 22.3. The van der Waals surface area contributed by atoms with Gasteiger partial charge in [-0.2, -0.15) is 0 Å². The normalized spacial score (nSPS) is 11.8. The van der Waals surface area contributed by atoms with E-state index in [0.29, 0.717) is 22.6 Å². The number of esters is 2. The molecule has 0 radical (unpaired) electrons. The Labute approximate surface area is 250 Å². The molecule has 0 aliphatic carbocycles. The van der Waals surface area contributed by atoms with Crippen LogP contribution >= 0.6 is 0 Å². The molecule has 0 aromatic heterocycles. The average Bonchev–Trinajstić information content (AvgIpc) is 2.93. The number of rotatable bonds is 5. The Kier molecular flexibility index (Phi) is 8.50. The Bertz CT molecular complexity index is 1510. The second kappa shape index (κ2) is 11.6. The molecule has 4 aromatic rings. The van der Waals surface area contributed by atoms with Gasteiger partial charge in [-0.05, 0) is 85.0 Å². The zero-order chi connectivity index (χ0) is 31.0. The van der Waals surface area contributed by atoms with Crippen molar-refractivity contribution in [2.24, 2.45) is 0 Å². The molecule has 42 heavy (non-hydrogen) atoms. The van der Waals surface area contributed by atoms with Gasteiger partial charge < -0.3 is 9.47 Å². The van der Waals surface area contributed by atoms with Gasteiger partial charge in [-0.1, -0.05) is 90.1 Å². The van der Waals surface area contributed by atoms with Gasteiger partial charge in [-0.3, -0.25) is 0 Å². The molecular formula is C38H42O4. The summed E-state index contributed by atoms with van der Waals surface area (Å²) in [5.41, 5.74) is 7.65. The summed E-state index contributed by atoms with van der Waals surface area (Å²) in [5.74, 6) is 0.111. The van der Waals surface area contributed by atoms with Crippen molar-refractivity contribution >= 4 is 11.9 Å². The van der Waals surface area contributed by atoms with E-state index in [0.717, 1.165) is 44.5 Å². The van der Waals surface area contributed by atoms with Crippen LogP contribution < -0.4 is 9.47 Å². The second-order valence-corrected chi connectivity index (χ2v) is 13.2. The van der Waals surface area contributed by atoms with Gasteiger partial charge in [-0.25, -0.2) is 9.59 Å². The Morgan fingerprint density at radius 1 is 0.524 bits per heavy atom. The van der Waals surface area contributed by atoms with Gasteiger partial charge in [0.25, 0.3) is 0 Å². The van der Waals surface area contributed by atoms with E-state index in [2.05, 4.69) is 67.5 Å². The highest BCUT2D eigenvalue weighted by molar-refractivity contribution is 5.96. The van der Waals surface area contributed by atoms with Crippen molar-refractivity contribution in [3.63, 3.8) is 0 Å². The van der Waals surface area contributed by atoms with Crippen molar-refractivity contribution in [1.29, 1.82) is 0 Å². The zero-order valence-electron chi connectivity index (χ0n) is 26.6. The maximum absolute atomic E-state index is 13.6. The van der Waals surface area contributed by atoms with Gasteiger partial charge in [0.2, 0.25) is 0 Å². The molecule has 4 heteroatoms. The minimum absolute atomic E-state index is 0.342. The minimum atomic E-state index is -0.435. The quantitative estimate of drug-likeness (QED) is 0.179. The fourth-order valence-electron chi connectivity index (χ4n) is 5.16. The molecule has 0 unspecified atom stereocenters. The van der Waals surface area contributed by atoms with Crippen LogP contribution in [0.2, 0.25) is 0 Å². The highest BCUT2D eigenvalue weighted by Gasteiger charge is 2.33. The number of carbonyl (C=O) groups excluding carboxylic acids is 2. The van der Waals surface area contributed by atoms with E-state index < -0.39 is 11.9 Å². The van der Waals surface area contributed by atoms with E-state index in [1.54, 1.807) is 24.3 Å². The predicted molar refractivity (Wildman–Crippen MR) is 171 cm³/mol. The summed E-state index contributed by atoms with van der Waals surface area (Å²) in [5, 5.41) is 0. The number of carbonyl (C=O) groups is 2. The van der Waals surface area contributed by atoms with Crippen molar-refractivity contribution in [2.45, 2.75) is 80.1 Å². The van der Waals surface area contributed by atoms with Crippen LogP contribution in [0, 0.1) is 27.7 Å². The van der Waals surface area contributed by atoms with Crippen LogP contribution in [0.1, 0.15) is 95.6 Å². The third-order valence-corrected chi connectivity index (χ3v) is 7.87. The van der Waals surface area contributed by atoms with Crippen LogP contribution in [0.5, 0.6) is 11.5 Å². The lowest BCUT2D eigenvalue weighted by Crippen LogP contribution is -2.20. The maximum atomic E-state index is 13.6. The molecule has 4 aromatic carbocycles. The van der Waals surface area contributed by atoms with Crippen LogP contribution in [-0.2, 0) is 10.8 Å². The van der Waals surface area contributed by atoms with Crippen LogP contribution in [0.3, 0.4) is 0 Å². The second-order valence-electron chi connectivity index (χ2n) is 13.2. The molecule has 0 N–H and O–H groups in total. The summed E-state index contributed by atoms with van der Waals surface area (Å²) in [6.45, 7) is 20.9. The van der Waals surface area contributed by atoms with Gasteiger partial charge in [0.05, 0.1) is 11.1 Å². The van der Waals surface area contributed by atoms with Crippen LogP contribution in [0.25, 0.3) is 11.1 Å². The van der Waals surface area contributed by atoms with E-state index in [1.807, 2.05) is 50.2 Å². The lowest BCUT2D eigenvalue weighted by molar-refractivity contribution is 0.0719. The number of benzene rings is 4. The molecule has 0 spiro atoms. The van der Waals surface area contributed by atoms with Crippen LogP contribution in [0.4, 0.5) is 0 Å². The summed E-state index contributed by atoms with van der Waals surface area (Å²) in [6.07, 6.45) is 0. The average molecular weight is 563 g/mol. The summed E-state index contributed by atoms with van der Waals surface area (Å²) >= 11 is 0. The zero-order valence-corrected chi connectivity index (χ0v) is 26.6. The van der Waals surface area contributed by atoms with Gasteiger partial charge >= 0.3 is 11.9 Å². The number of ether oxygens (including phenoxy) is 2. The van der Waals surface area contributed by atoms with E-state index in [1.165, 1.54) is 0 Å². The van der Waals surface area contributed by atoms with Crippen molar-refractivity contribution in [3.05, 3.63) is 117 Å². The molecule has 0 fully saturated rings. The third-order valence-electron chi connectivity index (χ3n) is 7.87. The topological polar surface area (TPSA) is 52.6 Å². The fourth-order valence-corrected chi connectivity index (χ4v) is 5.16. The Morgan fingerprint density at radius 2 is 0.833 bits per heavy atom. The highest BCUT2D eigenvalue weighted by Crippen LogP contribution is 2.50. The first-order valence-corrected chi connectivity index (χ1v) is 14.5. The van der Waals surface area contributed by atoms with E-state index in [9.17, 15) is 9.59 Å². The first-order valence-electron chi connectivity index (χ1n) is 14.5. The standard InChI is InChI=1S/C38H42O4/c1-23-21-29(37(5,6)7)33(41-35(39)27-17-13-11-14-18-27)31(25(23)3)32-26(4)24(2)22-30(38(8,9)10)34(32)42-36(40)28-19-15-12-16-20-28/h11-22H,1-10H3. The lowest BCUT2D eigenvalue weighted by Gasteiger charge is -2.30. The maximum Gasteiger partial charge on any atom is 0.343 e. The molecule has 4 nitrogen and oxygen atoms in total. The molecule has 218 valence electrons. The van der Waals surface area contributed by atoms with Crippen molar-refractivity contribution in [3.8, 4) is 22.6 Å². The van der Waals surface area contributed by atoms with Crippen molar-refractivity contribution in [1.82, 2.24) is 0 Å². The van der Waals surface area contributed by atoms with Gasteiger partial charge in [0, 0.05) is 22.3 Å². The predicted octanol–water partition coefficient (Wildman–Crippen LogP) is 9.62. The smallest absolute Gasteiger partial charge is 0.343 e. The highest BCUT2D eigenvalue weighted by atomic mass is 16.5. The van der Waals surface area contributed by atoms with Crippen LogP contribution in [0.15, 0.2) is 72.8 Å². The van der Waals surface area contributed by atoms with E-state index in [-0.39, 0.29) is 10.8 Å². The van der Waals surface area contributed by atoms with Crippen molar-refractivity contribution in [2.75, 3.05) is 0 Å². The SMILES string of the molecule is Cc1cc(C(C)(C)C)c(OC(=O)c2ccccc2)c(-c2c(C)c(C)cc(C(C)(C)C)c2OC(=O)c2ccccc2)c1C.